The average molecular weight is 396 g/mol. The van der Waals surface area contributed by atoms with Gasteiger partial charge in [-0.05, 0) is 45.2 Å². The van der Waals surface area contributed by atoms with Crippen LogP contribution in [0.4, 0.5) is 18.0 Å². The zero-order chi connectivity index (χ0) is 19.9. The maximum Gasteiger partial charge on any atom is 0.534 e. The molecular weight excluding hydrogens is 377 g/mol. The number of aromatic nitrogens is 1. The van der Waals surface area contributed by atoms with E-state index in [1.807, 2.05) is 0 Å². The predicted molar refractivity (Wildman–Crippen MR) is 84.8 cm³/mol. The quantitative estimate of drug-likeness (QED) is 0.564. The first-order valence-electron chi connectivity index (χ1n) is 7.68. The highest BCUT2D eigenvalue weighted by Gasteiger charge is 2.49. The van der Waals surface area contributed by atoms with Crippen LogP contribution >= 0.6 is 0 Å². The third kappa shape index (κ3) is 4.57. The van der Waals surface area contributed by atoms with E-state index in [4.69, 9.17) is 4.74 Å². The van der Waals surface area contributed by atoms with Crippen molar-refractivity contribution in [1.29, 1.82) is 0 Å². The molecule has 0 fully saturated rings. The predicted octanol–water partition coefficient (Wildman–Crippen LogP) is 2.99. The van der Waals surface area contributed by atoms with Gasteiger partial charge in [0.15, 0.2) is 0 Å². The van der Waals surface area contributed by atoms with Crippen LogP contribution in [0.1, 0.15) is 38.8 Å². The summed E-state index contributed by atoms with van der Waals surface area (Å²) in [5.74, 6) is -0.668. The van der Waals surface area contributed by atoms with Gasteiger partial charge in [0.1, 0.15) is 5.60 Å². The SMILES string of the molecule is CC1Cc2cc(OS(=O)(=O)C(F)(F)F)ncc2CN1C(=O)OC(C)(C)C. The molecule has 1 aliphatic heterocycles. The molecule has 1 unspecified atom stereocenters. The molecule has 11 heteroatoms. The number of amides is 1. The lowest BCUT2D eigenvalue weighted by Gasteiger charge is -2.35. The van der Waals surface area contributed by atoms with Gasteiger partial charge in [0.2, 0.25) is 5.88 Å². The van der Waals surface area contributed by atoms with Crippen LogP contribution in [-0.2, 0) is 27.8 Å². The third-order valence-electron chi connectivity index (χ3n) is 3.55. The maximum atomic E-state index is 12.4. The minimum Gasteiger partial charge on any atom is -0.444 e. The largest absolute Gasteiger partial charge is 0.534 e. The average Bonchev–Trinajstić information content (AvgIpc) is 2.42. The number of hydrogen-bond acceptors (Lipinski definition) is 6. The van der Waals surface area contributed by atoms with Crippen molar-refractivity contribution < 1.29 is 35.3 Å². The van der Waals surface area contributed by atoms with E-state index in [0.717, 1.165) is 6.07 Å². The highest BCUT2D eigenvalue weighted by Crippen LogP contribution is 2.30. The summed E-state index contributed by atoms with van der Waals surface area (Å²) in [6, 6.07) is 0.841. The van der Waals surface area contributed by atoms with Gasteiger partial charge in [-0.2, -0.15) is 21.6 Å². The Kier molecular flexibility index (Phi) is 5.15. The molecule has 0 spiro atoms. The fourth-order valence-electron chi connectivity index (χ4n) is 2.37. The van der Waals surface area contributed by atoms with Crippen molar-refractivity contribution in [1.82, 2.24) is 9.88 Å². The molecule has 0 saturated heterocycles. The Bertz CT molecular complexity index is 802. The second-order valence-corrected chi connectivity index (χ2v) is 8.47. The molecular formula is C15H19F3N2O5S. The molecule has 0 aliphatic carbocycles. The Labute approximate surface area is 149 Å². The van der Waals surface area contributed by atoms with Crippen LogP contribution < -0.4 is 4.18 Å². The Morgan fingerprint density at radius 3 is 2.42 bits per heavy atom. The number of hydrogen-bond donors (Lipinski definition) is 0. The number of carbonyl (C=O) groups is 1. The summed E-state index contributed by atoms with van der Waals surface area (Å²) in [6.45, 7) is 7.10. The van der Waals surface area contributed by atoms with Crippen molar-refractivity contribution in [2.24, 2.45) is 0 Å². The zero-order valence-corrected chi connectivity index (χ0v) is 15.4. The van der Waals surface area contributed by atoms with Crippen LogP contribution in [0.5, 0.6) is 5.88 Å². The summed E-state index contributed by atoms with van der Waals surface area (Å²) < 4.78 is 68.7. The standard InChI is InChI=1S/C15H19F3N2O5S/c1-9-5-10-6-12(25-26(22,23)15(16,17)18)19-7-11(10)8-20(9)13(21)24-14(2,3)4/h6-7,9H,5,8H2,1-4H3. The third-order valence-corrected chi connectivity index (χ3v) is 4.51. The Morgan fingerprint density at radius 2 is 1.88 bits per heavy atom. The maximum absolute atomic E-state index is 12.4. The fraction of sp³-hybridized carbons (Fsp3) is 0.600. The first-order chi connectivity index (χ1) is 11.7. The van der Waals surface area contributed by atoms with Crippen molar-refractivity contribution >= 4 is 16.2 Å². The van der Waals surface area contributed by atoms with Gasteiger partial charge in [-0.1, -0.05) is 0 Å². The van der Waals surface area contributed by atoms with Gasteiger partial charge in [0, 0.05) is 18.3 Å². The monoisotopic (exact) mass is 396 g/mol. The van der Waals surface area contributed by atoms with E-state index in [1.54, 1.807) is 27.7 Å². The highest BCUT2D eigenvalue weighted by molar-refractivity contribution is 7.87. The fourth-order valence-corrected chi connectivity index (χ4v) is 2.78. The van der Waals surface area contributed by atoms with Crippen molar-refractivity contribution in [2.45, 2.75) is 57.8 Å². The van der Waals surface area contributed by atoms with E-state index >= 15 is 0 Å². The lowest BCUT2D eigenvalue weighted by molar-refractivity contribution is -0.0501. The van der Waals surface area contributed by atoms with E-state index in [0.29, 0.717) is 17.5 Å². The van der Waals surface area contributed by atoms with Gasteiger partial charge >= 0.3 is 21.7 Å². The molecule has 1 atom stereocenters. The Hall–Kier alpha value is -2.04. The van der Waals surface area contributed by atoms with Crippen LogP contribution in [0, 0.1) is 0 Å². The molecule has 0 bridgehead atoms. The number of fused-ring (bicyclic) bond motifs is 1. The molecule has 7 nitrogen and oxygen atoms in total. The van der Waals surface area contributed by atoms with Crippen LogP contribution in [0.3, 0.4) is 0 Å². The molecule has 1 aliphatic rings. The number of alkyl halides is 3. The smallest absolute Gasteiger partial charge is 0.444 e. The zero-order valence-electron chi connectivity index (χ0n) is 14.6. The highest BCUT2D eigenvalue weighted by atomic mass is 32.2. The lowest BCUT2D eigenvalue weighted by atomic mass is 9.97. The molecule has 0 N–H and O–H groups in total. The normalized spacial score (nSPS) is 18.3. The van der Waals surface area contributed by atoms with Crippen LogP contribution in [0.25, 0.3) is 0 Å². The summed E-state index contributed by atoms with van der Waals surface area (Å²) in [5, 5.41) is 0. The molecule has 0 aromatic carbocycles. The van der Waals surface area contributed by atoms with E-state index in [9.17, 15) is 26.4 Å². The molecule has 0 radical (unpaired) electrons. The number of halogens is 3. The van der Waals surface area contributed by atoms with Crippen molar-refractivity contribution in [3.05, 3.63) is 23.4 Å². The lowest BCUT2D eigenvalue weighted by Crippen LogP contribution is -2.45. The molecule has 1 aromatic heterocycles. The number of carbonyl (C=O) groups excluding carboxylic acids is 1. The van der Waals surface area contributed by atoms with Gasteiger partial charge < -0.3 is 13.8 Å². The summed E-state index contributed by atoms with van der Waals surface area (Å²) in [7, 11) is -5.78. The first-order valence-corrected chi connectivity index (χ1v) is 9.08. The van der Waals surface area contributed by atoms with Crippen LogP contribution in [0.15, 0.2) is 12.3 Å². The van der Waals surface area contributed by atoms with E-state index < -0.39 is 33.2 Å². The Morgan fingerprint density at radius 1 is 1.27 bits per heavy atom. The van der Waals surface area contributed by atoms with Crippen LogP contribution in [0.2, 0.25) is 0 Å². The van der Waals surface area contributed by atoms with Crippen molar-refractivity contribution in [2.75, 3.05) is 0 Å². The van der Waals surface area contributed by atoms with Gasteiger partial charge in [0.25, 0.3) is 0 Å². The van der Waals surface area contributed by atoms with E-state index in [1.165, 1.54) is 11.1 Å². The summed E-state index contributed by atoms with van der Waals surface area (Å²) in [5.41, 5.74) is -5.07. The topological polar surface area (TPSA) is 85.8 Å². The minimum atomic E-state index is -5.78. The van der Waals surface area contributed by atoms with Crippen molar-refractivity contribution in [3.63, 3.8) is 0 Å². The number of ether oxygens (including phenoxy) is 1. The summed E-state index contributed by atoms with van der Waals surface area (Å²) in [4.78, 5) is 17.3. The van der Waals surface area contributed by atoms with Gasteiger partial charge in [-0.3, -0.25) is 0 Å². The molecule has 2 heterocycles. The molecule has 26 heavy (non-hydrogen) atoms. The van der Waals surface area contributed by atoms with Gasteiger partial charge in [-0.25, -0.2) is 9.78 Å². The molecule has 0 saturated carbocycles. The Balaban J connectivity index is 2.21. The number of pyridine rings is 1. The number of rotatable bonds is 2. The van der Waals surface area contributed by atoms with Gasteiger partial charge in [-0.15, -0.1) is 0 Å². The molecule has 1 amide bonds. The molecule has 146 valence electrons. The van der Waals surface area contributed by atoms with Crippen LogP contribution in [-0.4, -0.2) is 41.5 Å². The molecule has 2 rings (SSSR count). The second-order valence-electron chi connectivity index (χ2n) is 6.94. The van der Waals surface area contributed by atoms with Gasteiger partial charge in [0.05, 0.1) is 6.54 Å². The minimum absolute atomic E-state index is 0.144. The van der Waals surface area contributed by atoms with E-state index in [2.05, 4.69) is 9.17 Å². The summed E-state index contributed by atoms with van der Waals surface area (Å²) >= 11 is 0. The first kappa shape index (κ1) is 20.3. The van der Waals surface area contributed by atoms with E-state index in [-0.39, 0.29) is 12.6 Å². The second kappa shape index (κ2) is 6.60. The number of nitrogens with zero attached hydrogens (tertiary/aromatic N) is 2. The summed E-state index contributed by atoms with van der Waals surface area (Å²) in [6.07, 6.45) is 0.968. The van der Waals surface area contributed by atoms with Crippen molar-refractivity contribution in [3.8, 4) is 5.88 Å². The molecule has 1 aromatic rings.